The van der Waals surface area contributed by atoms with Gasteiger partial charge in [0.15, 0.2) is 0 Å². The maximum Gasteiger partial charge on any atom is 0.268 e. The standard InChI is InChI=1S/C19H18N2O/c22-19(18-12-14-7-4-5-9-16(14)20-18)21-17-11-10-13-6-2-1-3-8-15(13)17/h1-5,7-9,12,17,20H,6,10-11H2,(H,21,22). The van der Waals surface area contributed by atoms with Crippen molar-refractivity contribution in [2.45, 2.75) is 25.3 Å². The van der Waals surface area contributed by atoms with Crippen molar-refractivity contribution in [3.05, 3.63) is 71.5 Å². The molecule has 1 heterocycles. The molecule has 1 atom stereocenters. The highest BCUT2D eigenvalue weighted by Gasteiger charge is 2.25. The molecule has 3 heteroatoms. The number of carbonyl (C=O) groups is 1. The first-order valence-electron chi connectivity index (χ1n) is 7.75. The van der Waals surface area contributed by atoms with E-state index in [-0.39, 0.29) is 11.9 Å². The molecule has 2 N–H and O–H groups in total. The fourth-order valence-electron chi connectivity index (χ4n) is 3.35. The van der Waals surface area contributed by atoms with Crippen LogP contribution in [0.2, 0.25) is 0 Å². The number of benzene rings is 1. The van der Waals surface area contributed by atoms with Crippen LogP contribution < -0.4 is 5.32 Å². The van der Waals surface area contributed by atoms with Gasteiger partial charge in [0.25, 0.3) is 5.91 Å². The number of hydrogen-bond donors (Lipinski definition) is 2. The highest BCUT2D eigenvalue weighted by Crippen LogP contribution is 2.31. The first kappa shape index (κ1) is 13.1. The van der Waals surface area contributed by atoms with Gasteiger partial charge in [0.2, 0.25) is 0 Å². The highest BCUT2D eigenvalue weighted by atomic mass is 16.1. The Morgan fingerprint density at radius 3 is 3.05 bits per heavy atom. The summed E-state index contributed by atoms with van der Waals surface area (Å²) in [5, 5.41) is 4.24. The van der Waals surface area contributed by atoms with Crippen LogP contribution in [0.5, 0.6) is 0 Å². The summed E-state index contributed by atoms with van der Waals surface area (Å²) in [6.45, 7) is 0. The Hall–Kier alpha value is -2.55. The van der Waals surface area contributed by atoms with Gasteiger partial charge in [-0.05, 0) is 37.0 Å². The molecule has 0 radical (unpaired) electrons. The maximum absolute atomic E-state index is 12.5. The number of amides is 1. The molecule has 1 aromatic heterocycles. The van der Waals surface area contributed by atoms with Crippen LogP contribution in [0.25, 0.3) is 10.9 Å². The zero-order valence-electron chi connectivity index (χ0n) is 12.3. The molecule has 0 fully saturated rings. The van der Waals surface area contributed by atoms with Crippen LogP contribution in [-0.2, 0) is 0 Å². The third-order valence-corrected chi connectivity index (χ3v) is 4.49. The molecule has 22 heavy (non-hydrogen) atoms. The van der Waals surface area contributed by atoms with E-state index in [4.69, 9.17) is 0 Å². The van der Waals surface area contributed by atoms with E-state index in [0.29, 0.717) is 5.69 Å². The van der Waals surface area contributed by atoms with Crippen molar-refractivity contribution < 1.29 is 4.79 Å². The number of aromatic nitrogens is 1. The van der Waals surface area contributed by atoms with E-state index in [1.54, 1.807) is 0 Å². The van der Waals surface area contributed by atoms with Crippen LogP contribution in [-0.4, -0.2) is 16.9 Å². The van der Waals surface area contributed by atoms with Gasteiger partial charge >= 0.3 is 0 Å². The topological polar surface area (TPSA) is 44.9 Å². The summed E-state index contributed by atoms with van der Waals surface area (Å²) in [5.74, 6) is -0.0273. The molecular formula is C19H18N2O. The van der Waals surface area contributed by atoms with Crippen LogP contribution in [0, 0.1) is 0 Å². The smallest absolute Gasteiger partial charge is 0.268 e. The summed E-state index contributed by atoms with van der Waals surface area (Å²) in [6, 6.07) is 10.00. The maximum atomic E-state index is 12.5. The Morgan fingerprint density at radius 2 is 2.14 bits per heavy atom. The van der Waals surface area contributed by atoms with Crippen LogP contribution in [0.1, 0.15) is 29.8 Å². The predicted molar refractivity (Wildman–Crippen MR) is 88.7 cm³/mol. The molecule has 0 saturated carbocycles. The fraction of sp³-hybridized carbons (Fsp3) is 0.211. The molecule has 3 nitrogen and oxygen atoms in total. The van der Waals surface area contributed by atoms with Gasteiger partial charge in [-0.25, -0.2) is 0 Å². The summed E-state index contributed by atoms with van der Waals surface area (Å²) in [6.07, 6.45) is 11.5. The second-order valence-electron chi connectivity index (χ2n) is 5.89. The molecular weight excluding hydrogens is 272 g/mol. The van der Waals surface area contributed by atoms with Gasteiger partial charge in [-0.3, -0.25) is 4.79 Å². The second-order valence-corrected chi connectivity index (χ2v) is 5.89. The molecule has 1 aromatic carbocycles. The zero-order chi connectivity index (χ0) is 14.9. The van der Waals surface area contributed by atoms with Gasteiger partial charge in [0.1, 0.15) is 5.69 Å². The van der Waals surface area contributed by atoms with E-state index >= 15 is 0 Å². The van der Waals surface area contributed by atoms with Crippen molar-refractivity contribution in [2.75, 3.05) is 0 Å². The first-order chi connectivity index (χ1) is 10.8. The lowest BCUT2D eigenvalue weighted by Gasteiger charge is -2.14. The van der Waals surface area contributed by atoms with E-state index in [1.807, 2.05) is 30.3 Å². The molecule has 4 rings (SSSR count). The van der Waals surface area contributed by atoms with Crippen LogP contribution in [0.15, 0.2) is 65.8 Å². The quantitative estimate of drug-likeness (QED) is 0.866. The van der Waals surface area contributed by atoms with Crippen molar-refractivity contribution >= 4 is 16.8 Å². The normalized spacial score (nSPS) is 20.3. The van der Waals surface area contributed by atoms with E-state index in [9.17, 15) is 4.79 Å². The lowest BCUT2D eigenvalue weighted by Crippen LogP contribution is -2.34. The van der Waals surface area contributed by atoms with Gasteiger partial charge in [-0.15, -0.1) is 0 Å². The molecule has 2 aliphatic rings. The SMILES string of the molecule is O=C(NC1CCC2=C1C=CC=CC2)c1cc2ccccc2[nH]1. The number of carbonyl (C=O) groups excluding carboxylic acids is 1. The number of fused-ring (bicyclic) bond motifs is 1. The van der Waals surface area contributed by atoms with Crippen LogP contribution >= 0.6 is 0 Å². The van der Waals surface area contributed by atoms with Gasteiger partial charge < -0.3 is 10.3 Å². The third-order valence-electron chi connectivity index (χ3n) is 4.49. The van der Waals surface area contributed by atoms with E-state index in [0.717, 1.165) is 30.2 Å². The van der Waals surface area contributed by atoms with E-state index in [2.05, 4.69) is 34.6 Å². The van der Waals surface area contributed by atoms with Gasteiger partial charge in [0.05, 0.1) is 6.04 Å². The monoisotopic (exact) mass is 290 g/mol. The second kappa shape index (κ2) is 5.34. The average molecular weight is 290 g/mol. The number of rotatable bonds is 2. The van der Waals surface area contributed by atoms with Crippen molar-refractivity contribution in [2.24, 2.45) is 0 Å². The molecule has 0 saturated heterocycles. The molecule has 0 aliphatic heterocycles. The summed E-state index contributed by atoms with van der Waals surface area (Å²) in [5.41, 5.74) is 4.37. The number of nitrogens with one attached hydrogen (secondary N) is 2. The zero-order valence-corrected chi connectivity index (χ0v) is 12.3. The lowest BCUT2D eigenvalue weighted by molar-refractivity contribution is 0.0939. The Balaban J connectivity index is 1.56. The average Bonchev–Trinajstić information content (AvgIpc) is 3.04. The summed E-state index contributed by atoms with van der Waals surface area (Å²) in [7, 11) is 0. The van der Waals surface area contributed by atoms with Crippen molar-refractivity contribution in [3.63, 3.8) is 0 Å². The Bertz CT molecular complexity index is 790. The van der Waals surface area contributed by atoms with E-state index in [1.165, 1.54) is 11.1 Å². The van der Waals surface area contributed by atoms with Crippen LogP contribution in [0.3, 0.4) is 0 Å². The Morgan fingerprint density at radius 1 is 1.23 bits per heavy atom. The van der Waals surface area contributed by atoms with Gasteiger partial charge in [-0.1, -0.05) is 48.1 Å². The van der Waals surface area contributed by atoms with Crippen molar-refractivity contribution in [1.29, 1.82) is 0 Å². The molecule has 2 aliphatic carbocycles. The number of hydrogen-bond acceptors (Lipinski definition) is 1. The first-order valence-corrected chi connectivity index (χ1v) is 7.75. The number of aromatic amines is 1. The fourth-order valence-corrected chi connectivity index (χ4v) is 3.35. The largest absolute Gasteiger partial charge is 0.351 e. The van der Waals surface area contributed by atoms with Crippen molar-refractivity contribution in [1.82, 2.24) is 10.3 Å². The molecule has 0 bridgehead atoms. The van der Waals surface area contributed by atoms with Crippen molar-refractivity contribution in [3.8, 4) is 0 Å². The summed E-state index contributed by atoms with van der Waals surface area (Å²) < 4.78 is 0. The van der Waals surface area contributed by atoms with Gasteiger partial charge in [-0.2, -0.15) is 0 Å². The lowest BCUT2D eigenvalue weighted by atomic mass is 10.1. The molecule has 0 spiro atoms. The van der Waals surface area contributed by atoms with Crippen LogP contribution in [0.4, 0.5) is 0 Å². The highest BCUT2D eigenvalue weighted by molar-refractivity contribution is 5.98. The molecule has 1 amide bonds. The molecule has 2 aromatic rings. The number of para-hydroxylation sites is 1. The molecule has 1 unspecified atom stereocenters. The van der Waals surface area contributed by atoms with Gasteiger partial charge in [0, 0.05) is 10.9 Å². The predicted octanol–water partition coefficient (Wildman–Crippen LogP) is 3.87. The minimum Gasteiger partial charge on any atom is -0.351 e. The minimum atomic E-state index is -0.0273. The minimum absolute atomic E-state index is 0.0273. The van der Waals surface area contributed by atoms with E-state index < -0.39 is 0 Å². The summed E-state index contributed by atoms with van der Waals surface area (Å²) in [4.78, 5) is 15.7. The molecule has 110 valence electrons. The Kier molecular flexibility index (Phi) is 3.19. The third kappa shape index (κ3) is 2.29. The number of allylic oxidation sites excluding steroid dienone is 4. The summed E-state index contributed by atoms with van der Waals surface area (Å²) >= 11 is 0. The Labute approximate surface area is 129 Å². The number of H-pyrrole nitrogens is 1.